The van der Waals surface area contributed by atoms with Gasteiger partial charge in [0.15, 0.2) is 0 Å². The van der Waals surface area contributed by atoms with E-state index in [2.05, 4.69) is 10.2 Å². The van der Waals surface area contributed by atoms with Crippen molar-refractivity contribution < 1.29 is 9.85 Å². The van der Waals surface area contributed by atoms with E-state index in [0.717, 1.165) is 11.3 Å². The van der Waals surface area contributed by atoms with E-state index in [1.54, 1.807) is 0 Å². The highest BCUT2D eigenvalue weighted by atomic mass is 32.1. The topological polar surface area (TPSA) is 138 Å². The van der Waals surface area contributed by atoms with Crippen LogP contribution < -0.4 is 5.73 Å². The number of nitrogens with two attached hydrogens (primary N) is 1. The maximum absolute atomic E-state index is 10.9. The van der Waals surface area contributed by atoms with Gasteiger partial charge in [-0.2, -0.15) is 0 Å². The van der Waals surface area contributed by atoms with Crippen LogP contribution in [0.2, 0.25) is 0 Å². The molecule has 0 radical (unpaired) electrons. The summed E-state index contributed by atoms with van der Waals surface area (Å²) in [6.45, 7) is 1.33. The normalized spacial score (nSPS) is 10.4. The van der Waals surface area contributed by atoms with Crippen LogP contribution in [0.5, 0.6) is 0 Å². The number of benzene rings is 1. The van der Waals surface area contributed by atoms with Gasteiger partial charge in [-0.25, -0.2) is 0 Å². The molecule has 0 saturated carbocycles. The summed E-state index contributed by atoms with van der Waals surface area (Å²) in [4.78, 5) is 20.5. The molecule has 2 aromatic rings. The highest BCUT2D eigenvalue weighted by molar-refractivity contribution is 7.18. The fourth-order valence-electron chi connectivity index (χ4n) is 1.54. The summed E-state index contributed by atoms with van der Waals surface area (Å²) in [7, 11) is 0. The van der Waals surface area contributed by atoms with Crippen molar-refractivity contribution in [3.63, 3.8) is 0 Å². The number of anilines is 1. The Morgan fingerprint density at radius 3 is 2.05 bits per heavy atom. The van der Waals surface area contributed by atoms with Gasteiger partial charge >= 0.3 is 0 Å². The lowest BCUT2D eigenvalue weighted by Crippen LogP contribution is -1.98. The molecule has 0 aliphatic heterocycles. The molecule has 0 bridgehead atoms. The lowest BCUT2D eigenvalue weighted by molar-refractivity contribution is -0.395. The molecule has 19 heavy (non-hydrogen) atoms. The van der Waals surface area contributed by atoms with Crippen LogP contribution in [-0.4, -0.2) is 20.0 Å². The molecule has 0 unspecified atom stereocenters. The van der Waals surface area contributed by atoms with E-state index < -0.39 is 9.85 Å². The number of nitrogens with zero attached hydrogens (tertiary/aromatic N) is 4. The molecule has 1 aromatic carbocycles. The molecule has 2 rings (SSSR count). The number of hydrogen-bond acceptors (Lipinski definition) is 8. The third-order valence-corrected chi connectivity index (χ3v) is 3.24. The molecule has 0 atom stereocenters. The Balaban J connectivity index is 2.69. The van der Waals surface area contributed by atoms with Gasteiger partial charge in [-0.3, -0.25) is 20.2 Å². The first-order chi connectivity index (χ1) is 8.90. The SMILES string of the molecule is Cc1c([N+](=O)[O-])cc(-c2nnc(N)s2)cc1[N+](=O)[O-]. The molecule has 0 saturated heterocycles. The number of hydrogen-bond donors (Lipinski definition) is 1. The number of nitrogen functional groups attached to an aromatic ring is 1. The lowest BCUT2D eigenvalue weighted by Gasteiger charge is -2.01. The van der Waals surface area contributed by atoms with Crippen molar-refractivity contribution in [2.24, 2.45) is 0 Å². The third kappa shape index (κ3) is 2.33. The molecule has 0 amide bonds. The summed E-state index contributed by atoms with van der Waals surface area (Å²) < 4.78 is 0. The van der Waals surface area contributed by atoms with Crippen molar-refractivity contribution in [3.05, 3.63) is 37.9 Å². The van der Waals surface area contributed by atoms with Gasteiger partial charge in [-0.05, 0) is 6.92 Å². The van der Waals surface area contributed by atoms with Crippen molar-refractivity contribution in [3.8, 4) is 10.6 Å². The zero-order chi connectivity index (χ0) is 14.2. The molecule has 10 heteroatoms. The van der Waals surface area contributed by atoms with Crippen LogP contribution in [-0.2, 0) is 0 Å². The summed E-state index contributed by atoms with van der Waals surface area (Å²) >= 11 is 0.998. The van der Waals surface area contributed by atoms with Gasteiger partial charge in [-0.15, -0.1) is 10.2 Å². The molecule has 1 heterocycles. The van der Waals surface area contributed by atoms with Crippen LogP contribution in [0, 0.1) is 27.2 Å². The minimum Gasteiger partial charge on any atom is -0.374 e. The quantitative estimate of drug-likeness (QED) is 0.669. The standard InChI is InChI=1S/C9H7N5O4S/c1-4-6(13(15)16)2-5(3-7(4)14(17)18)8-11-12-9(10)19-8/h2-3H,1H3,(H2,10,12). The molecule has 9 nitrogen and oxygen atoms in total. The maximum Gasteiger partial charge on any atom is 0.279 e. The Kier molecular flexibility index (Phi) is 3.09. The zero-order valence-electron chi connectivity index (χ0n) is 9.56. The first-order valence-electron chi connectivity index (χ1n) is 4.93. The second-order valence-corrected chi connectivity index (χ2v) is 4.61. The summed E-state index contributed by atoms with van der Waals surface area (Å²) in [5, 5.41) is 29.6. The summed E-state index contributed by atoms with van der Waals surface area (Å²) in [6.07, 6.45) is 0. The van der Waals surface area contributed by atoms with E-state index in [-0.39, 0.29) is 27.6 Å². The van der Waals surface area contributed by atoms with Crippen LogP contribution >= 0.6 is 11.3 Å². The lowest BCUT2D eigenvalue weighted by atomic mass is 10.1. The first kappa shape index (κ1) is 12.8. The van der Waals surface area contributed by atoms with E-state index in [9.17, 15) is 20.2 Å². The Bertz CT molecular complexity index is 648. The van der Waals surface area contributed by atoms with Gasteiger partial charge in [0.1, 0.15) is 10.6 Å². The first-order valence-corrected chi connectivity index (χ1v) is 5.74. The Hall–Kier alpha value is -2.62. The number of nitro benzene ring substituents is 2. The molecule has 2 N–H and O–H groups in total. The average Bonchev–Trinajstić information content (AvgIpc) is 2.75. The van der Waals surface area contributed by atoms with Crippen molar-refractivity contribution in [1.82, 2.24) is 10.2 Å². The van der Waals surface area contributed by atoms with Gasteiger partial charge in [0, 0.05) is 17.7 Å². The largest absolute Gasteiger partial charge is 0.374 e. The monoisotopic (exact) mass is 281 g/mol. The minimum absolute atomic E-state index is 0.00348. The Morgan fingerprint density at radius 1 is 1.16 bits per heavy atom. The van der Waals surface area contributed by atoms with Crippen molar-refractivity contribution in [2.45, 2.75) is 6.92 Å². The molecule has 1 aromatic heterocycles. The van der Waals surface area contributed by atoms with Gasteiger partial charge < -0.3 is 5.73 Å². The van der Waals surface area contributed by atoms with Gasteiger partial charge in [0.25, 0.3) is 11.4 Å². The number of nitro groups is 2. The van der Waals surface area contributed by atoms with Crippen molar-refractivity contribution >= 4 is 27.8 Å². The van der Waals surface area contributed by atoms with Gasteiger partial charge in [0.05, 0.1) is 9.85 Å². The number of aromatic nitrogens is 2. The molecule has 0 aliphatic rings. The molecule has 0 fully saturated rings. The maximum atomic E-state index is 10.9. The van der Waals surface area contributed by atoms with E-state index in [4.69, 9.17) is 5.73 Å². The van der Waals surface area contributed by atoms with E-state index >= 15 is 0 Å². The average molecular weight is 281 g/mol. The molecular formula is C9H7N5O4S. The molecule has 0 aliphatic carbocycles. The van der Waals surface area contributed by atoms with Crippen LogP contribution in [0.4, 0.5) is 16.5 Å². The second-order valence-electron chi connectivity index (χ2n) is 3.60. The summed E-state index contributed by atoms with van der Waals surface area (Å²) in [5.41, 5.74) is 4.99. The fourth-order valence-corrected chi connectivity index (χ4v) is 2.14. The smallest absolute Gasteiger partial charge is 0.279 e. The van der Waals surface area contributed by atoms with Gasteiger partial charge in [0.2, 0.25) is 5.13 Å². The molecule has 98 valence electrons. The van der Waals surface area contributed by atoms with Gasteiger partial charge in [-0.1, -0.05) is 11.3 Å². The fraction of sp³-hybridized carbons (Fsp3) is 0.111. The highest BCUT2D eigenvalue weighted by Crippen LogP contribution is 2.35. The predicted octanol–water partition coefficient (Wildman–Crippen LogP) is 1.91. The second kappa shape index (κ2) is 4.57. The predicted molar refractivity (Wildman–Crippen MR) is 67.8 cm³/mol. The van der Waals surface area contributed by atoms with Crippen molar-refractivity contribution in [1.29, 1.82) is 0 Å². The van der Waals surface area contributed by atoms with E-state index in [1.165, 1.54) is 19.1 Å². The van der Waals surface area contributed by atoms with Crippen molar-refractivity contribution in [2.75, 3.05) is 5.73 Å². The van der Waals surface area contributed by atoms with E-state index in [0.29, 0.717) is 5.01 Å². The summed E-state index contributed by atoms with van der Waals surface area (Å²) in [5.74, 6) is 0. The van der Waals surface area contributed by atoms with Crippen LogP contribution in [0.1, 0.15) is 5.56 Å². The van der Waals surface area contributed by atoms with Crippen LogP contribution in [0.15, 0.2) is 12.1 Å². The molecule has 0 spiro atoms. The minimum atomic E-state index is -0.670. The van der Waals surface area contributed by atoms with E-state index in [1.807, 2.05) is 0 Å². The number of rotatable bonds is 3. The highest BCUT2D eigenvalue weighted by Gasteiger charge is 2.24. The zero-order valence-corrected chi connectivity index (χ0v) is 10.4. The molecular weight excluding hydrogens is 274 g/mol. The van der Waals surface area contributed by atoms with Crippen LogP contribution in [0.3, 0.4) is 0 Å². The summed E-state index contributed by atoms with van der Waals surface area (Å²) in [6, 6.07) is 2.45. The van der Waals surface area contributed by atoms with Crippen LogP contribution in [0.25, 0.3) is 10.6 Å². The Morgan fingerprint density at radius 2 is 1.68 bits per heavy atom. The Labute approximate surface area is 110 Å². The third-order valence-electron chi connectivity index (χ3n) is 2.43.